The summed E-state index contributed by atoms with van der Waals surface area (Å²) in [5, 5.41) is 0. The van der Waals surface area contributed by atoms with Gasteiger partial charge < -0.3 is 5.73 Å². The Morgan fingerprint density at radius 1 is 1.30 bits per heavy atom. The van der Waals surface area contributed by atoms with Gasteiger partial charge in [-0.2, -0.15) is 0 Å². The van der Waals surface area contributed by atoms with Gasteiger partial charge in [0.2, 0.25) is 10.0 Å². The van der Waals surface area contributed by atoms with Crippen LogP contribution in [-0.4, -0.2) is 14.5 Å². The molecule has 0 unspecified atom stereocenters. The SMILES string of the molecule is CC1(C)CCC(NS(=O)(=O)c2cccc(F)c2N)CC1. The van der Waals surface area contributed by atoms with Crippen LogP contribution in [0.4, 0.5) is 10.1 Å². The van der Waals surface area contributed by atoms with Crippen LogP contribution in [0.1, 0.15) is 39.5 Å². The lowest BCUT2D eigenvalue weighted by molar-refractivity contribution is 0.218. The van der Waals surface area contributed by atoms with Crippen molar-refractivity contribution in [1.82, 2.24) is 4.72 Å². The molecule has 1 fully saturated rings. The number of nitrogens with one attached hydrogen (secondary N) is 1. The highest BCUT2D eigenvalue weighted by atomic mass is 32.2. The number of anilines is 1. The van der Waals surface area contributed by atoms with E-state index in [2.05, 4.69) is 18.6 Å². The third-order valence-electron chi connectivity index (χ3n) is 3.96. The fourth-order valence-corrected chi connectivity index (χ4v) is 4.00. The van der Waals surface area contributed by atoms with Gasteiger partial charge in [-0.25, -0.2) is 17.5 Å². The van der Waals surface area contributed by atoms with Crippen LogP contribution in [0.5, 0.6) is 0 Å². The summed E-state index contributed by atoms with van der Waals surface area (Å²) in [5.74, 6) is -0.711. The van der Waals surface area contributed by atoms with Gasteiger partial charge in [-0.05, 0) is 43.2 Å². The molecule has 0 spiro atoms. The highest BCUT2D eigenvalue weighted by molar-refractivity contribution is 7.89. The second-order valence-corrected chi connectivity index (χ2v) is 7.89. The van der Waals surface area contributed by atoms with Crippen molar-refractivity contribution in [2.45, 2.75) is 50.5 Å². The largest absolute Gasteiger partial charge is 0.395 e. The number of rotatable bonds is 3. The van der Waals surface area contributed by atoms with Crippen molar-refractivity contribution in [1.29, 1.82) is 0 Å². The minimum Gasteiger partial charge on any atom is -0.395 e. The van der Waals surface area contributed by atoms with E-state index in [-0.39, 0.29) is 22.0 Å². The van der Waals surface area contributed by atoms with Crippen LogP contribution in [0, 0.1) is 11.2 Å². The fraction of sp³-hybridized carbons (Fsp3) is 0.571. The van der Waals surface area contributed by atoms with E-state index in [0.717, 1.165) is 31.7 Å². The number of para-hydroxylation sites is 1. The summed E-state index contributed by atoms with van der Waals surface area (Å²) in [6.45, 7) is 4.37. The Balaban J connectivity index is 2.14. The van der Waals surface area contributed by atoms with Crippen LogP contribution in [0.3, 0.4) is 0 Å². The molecule has 4 nitrogen and oxygen atoms in total. The Labute approximate surface area is 119 Å². The van der Waals surface area contributed by atoms with E-state index >= 15 is 0 Å². The molecular formula is C14H21FN2O2S. The summed E-state index contributed by atoms with van der Waals surface area (Å²) >= 11 is 0. The van der Waals surface area contributed by atoms with E-state index < -0.39 is 15.8 Å². The van der Waals surface area contributed by atoms with Gasteiger partial charge in [0.15, 0.2) is 0 Å². The molecule has 1 aliphatic carbocycles. The van der Waals surface area contributed by atoms with Crippen molar-refractivity contribution in [3.63, 3.8) is 0 Å². The van der Waals surface area contributed by atoms with Gasteiger partial charge in [0.05, 0.1) is 5.69 Å². The number of sulfonamides is 1. The molecule has 1 saturated carbocycles. The minimum atomic E-state index is -3.77. The lowest BCUT2D eigenvalue weighted by Gasteiger charge is -2.34. The molecule has 1 aromatic rings. The van der Waals surface area contributed by atoms with Crippen LogP contribution >= 0.6 is 0 Å². The van der Waals surface area contributed by atoms with Crippen molar-refractivity contribution in [3.8, 4) is 0 Å². The number of nitrogen functional groups attached to an aromatic ring is 1. The summed E-state index contributed by atoms with van der Waals surface area (Å²) in [6, 6.07) is 3.73. The fourth-order valence-electron chi connectivity index (χ4n) is 2.55. The quantitative estimate of drug-likeness (QED) is 0.843. The zero-order valence-corrected chi connectivity index (χ0v) is 12.6. The van der Waals surface area contributed by atoms with E-state index in [9.17, 15) is 12.8 Å². The molecule has 2 rings (SSSR count). The van der Waals surface area contributed by atoms with Crippen molar-refractivity contribution in [2.75, 3.05) is 5.73 Å². The van der Waals surface area contributed by atoms with Crippen LogP contribution in [-0.2, 0) is 10.0 Å². The zero-order chi connectivity index (χ0) is 15.0. The van der Waals surface area contributed by atoms with Crippen LogP contribution < -0.4 is 10.5 Å². The molecule has 1 aliphatic rings. The molecular weight excluding hydrogens is 279 g/mol. The number of hydrogen-bond donors (Lipinski definition) is 2. The normalized spacial score (nSPS) is 19.9. The predicted molar refractivity (Wildman–Crippen MR) is 77.2 cm³/mol. The van der Waals surface area contributed by atoms with Gasteiger partial charge in [-0.1, -0.05) is 19.9 Å². The number of nitrogens with two attached hydrogens (primary N) is 1. The number of halogens is 1. The lowest BCUT2D eigenvalue weighted by atomic mass is 9.76. The van der Waals surface area contributed by atoms with Crippen LogP contribution in [0.2, 0.25) is 0 Å². The summed E-state index contributed by atoms with van der Waals surface area (Å²) in [4.78, 5) is -0.178. The maximum absolute atomic E-state index is 13.4. The van der Waals surface area contributed by atoms with Crippen molar-refractivity contribution >= 4 is 15.7 Å². The molecule has 6 heteroatoms. The highest BCUT2D eigenvalue weighted by Gasteiger charge is 2.30. The molecule has 0 aromatic heterocycles. The average Bonchev–Trinajstić information content (AvgIpc) is 2.35. The first-order valence-corrected chi connectivity index (χ1v) is 8.26. The van der Waals surface area contributed by atoms with E-state index in [1.54, 1.807) is 0 Å². The Morgan fingerprint density at radius 2 is 1.90 bits per heavy atom. The summed E-state index contributed by atoms with van der Waals surface area (Å²) in [6.07, 6.45) is 3.53. The Hall–Kier alpha value is -1.14. The predicted octanol–water partition coefficient (Wildman–Crippen LogP) is 2.66. The summed E-state index contributed by atoms with van der Waals surface area (Å²) < 4.78 is 40.6. The first-order chi connectivity index (χ1) is 9.21. The monoisotopic (exact) mass is 300 g/mol. The molecule has 0 heterocycles. The van der Waals surface area contributed by atoms with Gasteiger partial charge in [0, 0.05) is 6.04 Å². The molecule has 0 aliphatic heterocycles. The molecule has 0 atom stereocenters. The average molecular weight is 300 g/mol. The van der Waals surface area contributed by atoms with Gasteiger partial charge in [0.25, 0.3) is 0 Å². The highest BCUT2D eigenvalue weighted by Crippen LogP contribution is 2.35. The Bertz CT molecular complexity index is 589. The van der Waals surface area contributed by atoms with Crippen molar-refractivity contribution in [2.24, 2.45) is 5.41 Å². The first kappa shape index (κ1) is 15.3. The Morgan fingerprint density at radius 3 is 2.50 bits per heavy atom. The minimum absolute atomic E-state index is 0.101. The molecule has 20 heavy (non-hydrogen) atoms. The maximum atomic E-state index is 13.4. The third kappa shape index (κ3) is 3.30. The second kappa shape index (κ2) is 5.33. The number of benzene rings is 1. The molecule has 112 valence electrons. The summed E-state index contributed by atoms with van der Waals surface area (Å²) in [5.41, 5.74) is 5.46. The van der Waals surface area contributed by atoms with Gasteiger partial charge >= 0.3 is 0 Å². The van der Waals surface area contributed by atoms with Gasteiger partial charge in [0.1, 0.15) is 10.7 Å². The van der Waals surface area contributed by atoms with E-state index in [1.807, 2.05) is 0 Å². The zero-order valence-electron chi connectivity index (χ0n) is 11.8. The van der Waals surface area contributed by atoms with E-state index in [4.69, 9.17) is 5.73 Å². The number of hydrogen-bond acceptors (Lipinski definition) is 3. The maximum Gasteiger partial charge on any atom is 0.242 e. The molecule has 0 bridgehead atoms. The molecule has 1 aromatic carbocycles. The van der Waals surface area contributed by atoms with Gasteiger partial charge in [-0.3, -0.25) is 0 Å². The van der Waals surface area contributed by atoms with Crippen molar-refractivity contribution in [3.05, 3.63) is 24.0 Å². The molecule has 0 saturated heterocycles. The van der Waals surface area contributed by atoms with E-state index in [0.29, 0.717) is 0 Å². The lowest BCUT2D eigenvalue weighted by Crippen LogP contribution is -2.39. The standard InChI is InChI=1S/C14H21FN2O2S/c1-14(2)8-6-10(7-9-14)17-20(18,19)12-5-3-4-11(15)13(12)16/h3-5,10,17H,6-9,16H2,1-2H3. The van der Waals surface area contributed by atoms with Crippen molar-refractivity contribution < 1.29 is 12.8 Å². The molecule has 3 N–H and O–H groups in total. The first-order valence-electron chi connectivity index (χ1n) is 6.78. The molecule has 0 radical (unpaired) electrons. The summed E-state index contributed by atoms with van der Waals surface area (Å²) in [7, 11) is -3.77. The smallest absolute Gasteiger partial charge is 0.242 e. The van der Waals surface area contributed by atoms with E-state index in [1.165, 1.54) is 12.1 Å². The van der Waals surface area contributed by atoms with Gasteiger partial charge in [-0.15, -0.1) is 0 Å². The third-order valence-corrected chi connectivity index (χ3v) is 5.54. The van der Waals surface area contributed by atoms with Crippen LogP contribution in [0.15, 0.2) is 23.1 Å². The Kier molecular flexibility index (Phi) is 4.07. The topological polar surface area (TPSA) is 72.2 Å². The molecule has 0 amide bonds. The second-order valence-electron chi connectivity index (χ2n) is 6.21. The van der Waals surface area contributed by atoms with Crippen LogP contribution in [0.25, 0.3) is 0 Å².